The maximum atomic E-state index is 13.1. The van der Waals surface area contributed by atoms with E-state index in [4.69, 9.17) is 5.26 Å². The number of benzene rings is 2. The van der Waals surface area contributed by atoms with Crippen LogP contribution in [0.4, 0.5) is 4.39 Å². The molecular formula is C21H22FN3O3S2. The van der Waals surface area contributed by atoms with E-state index in [0.29, 0.717) is 43.1 Å². The van der Waals surface area contributed by atoms with Crippen LogP contribution in [0.25, 0.3) is 0 Å². The minimum atomic E-state index is -3.71. The Kier molecular flexibility index (Phi) is 7.48. The molecule has 1 aliphatic heterocycles. The maximum absolute atomic E-state index is 13.1. The highest BCUT2D eigenvalue weighted by Crippen LogP contribution is 2.19. The fourth-order valence-corrected chi connectivity index (χ4v) is 5.52. The number of nitriles is 1. The second-order valence-electron chi connectivity index (χ2n) is 6.89. The fourth-order valence-electron chi connectivity index (χ4n) is 3.16. The monoisotopic (exact) mass is 447 g/mol. The topological polar surface area (TPSA) is 81.5 Å². The van der Waals surface area contributed by atoms with Crippen molar-refractivity contribution in [3.05, 3.63) is 65.5 Å². The summed E-state index contributed by atoms with van der Waals surface area (Å²) in [6, 6.07) is 14.1. The van der Waals surface area contributed by atoms with E-state index in [2.05, 4.69) is 6.07 Å². The first-order chi connectivity index (χ1) is 14.4. The van der Waals surface area contributed by atoms with E-state index in [1.54, 1.807) is 17.0 Å². The van der Waals surface area contributed by atoms with E-state index in [1.165, 1.54) is 28.2 Å². The molecule has 0 unspecified atom stereocenters. The molecule has 1 heterocycles. The van der Waals surface area contributed by atoms with Crippen molar-refractivity contribution in [1.82, 2.24) is 9.21 Å². The Bertz CT molecular complexity index is 1020. The highest BCUT2D eigenvalue weighted by molar-refractivity contribution is 7.99. The van der Waals surface area contributed by atoms with Gasteiger partial charge in [-0.3, -0.25) is 4.79 Å². The number of rotatable bonds is 6. The fraction of sp³-hybridized carbons (Fsp3) is 0.333. The minimum Gasteiger partial charge on any atom is -0.341 e. The summed E-state index contributed by atoms with van der Waals surface area (Å²) in [7, 11) is -3.71. The Morgan fingerprint density at radius 3 is 2.40 bits per heavy atom. The Balaban J connectivity index is 1.52. The molecule has 0 aromatic heterocycles. The first kappa shape index (κ1) is 22.3. The van der Waals surface area contributed by atoms with Crippen LogP contribution >= 0.6 is 11.8 Å². The molecule has 0 saturated carbocycles. The number of carbonyl (C=O) groups is 1. The summed E-state index contributed by atoms with van der Waals surface area (Å²) in [5.41, 5.74) is 1.64. The van der Waals surface area contributed by atoms with Crippen molar-refractivity contribution in [1.29, 1.82) is 5.26 Å². The van der Waals surface area contributed by atoms with Crippen LogP contribution in [0, 0.1) is 17.1 Å². The van der Waals surface area contributed by atoms with Crippen LogP contribution in [0.5, 0.6) is 0 Å². The number of sulfonamides is 1. The van der Waals surface area contributed by atoms with E-state index < -0.39 is 15.8 Å². The molecule has 1 fully saturated rings. The molecule has 0 N–H and O–H groups in total. The van der Waals surface area contributed by atoms with Gasteiger partial charge < -0.3 is 4.90 Å². The summed E-state index contributed by atoms with van der Waals surface area (Å²) >= 11 is 1.49. The summed E-state index contributed by atoms with van der Waals surface area (Å²) in [6.07, 6.45) is 0.548. The lowest BCUT2D eigenvalue weighted by Crippen LogP contribution is -2.38. The van der Waals surface area contributed by atoms with Crippen LogP contribution in [0.1, 0.15) is 17.5 Å². The number of carbonyl (C=O) groups excluding carboxylic acids is 1. The van der Waals surface area contributed by atoms with Gasteiger partial charge in [0, 0.05) is 31.9 Å². The Morgan fingerprint density at radius 1 is 1.03 bits per heavy atom. The maximum Gasteiger partial charge on any atom is 0.243 e. The van der Waals surface area contributed by atoms with Crippen molar-refractivity contribution in [2.24, 2.45) is 0 Å². The summed E-state index contributed by atoms with van der Waals surface area (Å²) < 4.78 is 40.0. The van der Waals surface area contributed by atoms with Crippen LogP contribution in [0.2, 0.25) is 0 Å². The van der Waals surface area contributed by atoms with E-state index in [-0.39, 0.29) is 17.3 Å². The molecule has 9 heteroatoms. The standard InChI is InChI=1S/C21H22FN3O3S2/c22-19-6-8-20(9-7-19)30(27,28)25-11-1-10-24(12-13-25)21(26)16-29-15-18-4-2-17(14-23)3-5-18/h2-9H,1,10-13,15-16H2. The molecule has 158 valence electrons. The van der Waals surface area contributed by atoms with Gasteiger partial charge in [-0.1, -0.05) is 12.1 Å². The van der Waals surface area contributed by atoms with Gasteiger partial charge in [0.2, 0.25) is 15.9 Å². The molecule has 0 bridgehead atoms. The largest absolute Gasteiger partial charge is 0.341 e. The van der Waals surface area contributed by atoms with Gasteiger partial charge >= 0.3 is 0 Å². The molecule has 1 amide bonds. The van der Waals surface area contributed by atoms with E-state index >= 15 is 0 Å². The Morgan fingerprint density at radius 2 is 1.73 bits per heavy atom. The molecule has 1 saturated heterocycles. The van der Waals surface area contributed by atoms with E-state index in [1.807, 2.05) is 12.1 Å². The minimum absolute atomic E-state index is 0.0188. The SMILES string of the molecule is N#Cc1ccc(CSCC(=O)N2CCCN(S(=O)(=O)c3ccc(F)cc3)CC2)cc1. The number of amides is 1. The Labute approximate surface area is 180 Å². The second-order valence-corrected chi connectivity index (χ2v) is 9.82. The van der Waals surface area contributed by atoms with Crippen LogP contribution in [0.15, 0.2) is 53.4 Å². The lowest BCUT2D eigenvalue weighted by molar-refractivity contribution is -0.128. The van der Waals surface area contributed by atoms with E-state index in [9.17, 15) is 17.6 Å². The Hall–Kier alpha value is -2.41. The normalized spacial score (nSPS) is 15.4. The summed E-state index contributed by atoms with van der Waals surface area (Å²) in [5.74, 6) is 0.468. The molecule has 6 nitrogen and oxygen atoms in total. The van der Waals surface area contributed by atoms with Gasteiger partial charge in [0.25, 0.3) is 0 Å². The van der Waals surface area contributed by atoms with Gasteiger partial charge in [0.15, 0.2) is 0 Å². The molecule has 0 spiro atoms. The van der Waals surface area contributed by atoms with Gasteiger partial charge in [-0.05, 0) is 48.4 Å². The van der Waals surface area contributed by atoms with Gasteiger partial charge in [0.1, 0.15) is 5.82 Å². The molecule has 0 aliphatic carbocycles. The molecule has 2 aromatic rings. The van der Waals surface area contributed by atoms with Crippen molar-refractivity contribution in [3.8, 4) is 6.07 Å². The molecule has 0 radical (unpaired) electrons. The second kappa shape index (κ2) is 10.1. The predicted octanol–water partition coefficient (Wildman–Crippen LogP) is 2.85. The third kappa shape index (κ3) is 5.59. The zero-order valence-electron chi connectivity index (χ0n) is 16.3. The molecule has 2 aromatic carbocycles. The van der Waals surface area contributed by atoms with Gasteiger partial charge in [-0.25, -0.2) is 12.8 Å². The smallest absolute Gasteiger partial charge is 0.243 e. The molecular weight excluding hydrogens is 425 g/mol. The zero-order chi connectivity index (χ0) is 21.6. The summed E-state index contributed by atoms with van der Waals surface area (Å²) in [4.78, 5) is 14.3. The van der Waals surface area contributed by atoms with Crippen molar-refractivity contribution >= 4 is 27.7 Å². The van der Waals surface area contributed by atoms with Crippen LogP contribution < -0.4 is 0 Å². The predicted molar refractivity (Wildman–Crippen MR) is 114 cm³/mol. The van der Waals surface area contributed by atoms with Crippen molar-refractivity contribution < 1.29 is 17.6 Å². The lowest BCUT2D eigenvalue weighted by atomic mass is 10.2. The van der Waals surface area contributed by atoms with Crippen LogP contribution in [-0.2, 0) is 20.6 Å². The quantitative estimate of drug-likeness (QED) is 0.680. The summed E-state index contributed by atoms with van der Waals surface area (Å²) in [6.45, 7) is 1.37. The average Bonchev–Trinajstić information content (AvgIpc) is 3.01. The molecule has 30 heavy (non-hydrogen) atoms. The number of nitrogens with zero attached hydrogens (tertiary/aromatic N) is 3. The first-order valence-corrected chi connectivity index (χ1v) is 12.1. The number of thioether (sulfide) groups is 1. The van der Waals surface area contributed by atoms with Crippen LogP contribution in [0.3, 0.4) is 0 Å². The highest BCUT2D eigenvalue weighted by Gasteiger charge is 2.28. The lowest BCUT2D eigenvalue weighted by Gasteiger charge is -2.22. The zero-order valence-corrected chi connectivity index (χ0v) is 18.0. The van der Waals surface area contributed by atoms with Gasteiger partial charge in [0.05, 0.1) is 22.3 Å². The highest BCUT2D eigenvalue weighted by atomic mass is 32.2. The van der Waals surface area contributed by atoms with Crippen molar-refractivity contribution in [2.45, 2.75) is 17.1 Å². The molecule has 1 aliphatic rings. The number of hydrogen-bond acceptors (Lipinski definition) is 5. The van der Waals surface area contributed by atoms with Crippen LogP contribution in [-0.4, -0.2) is 55.5 Å². The van der Waals surface area contributed by atoms with Crippen molar-refractivity contribution in [3.63, 3.8) is 0 Å². The van der Waals surface area contributed by atoms with Gasteiger partial charge in [-0.15, -0.1) is 11.8 Å². The van der Waals surface area contributed by atoms with Crippen molar-refractivity contribution in [2.75, 3.05) is 31.9 Å². The average molecular weight is 448 g/mol. The third-order valence-electron chi connectivity index (χ3n) is 4.84. The molecule has 0 atom stereocenters. The third-order valence-corrected chi connectivity index (χ3v) is 7.74. The van der Waals surface area contributed by atoms with E-state index in [0.717, 1.165) is 17.7 Å². The summed E-state index contributed by atoms with van der Waals surface area (Å²) in [5, 5.41) is 8.83. The number of hydrogen-bond donors (Lipinski definition) is 0. The number of halogens is 1. The first-order valence-electron chi connectivity index (χ1n) is 9.50. The van der Waals surface area contributed by atoms with Gasteiger partial charge in [-0.2, -0.15) is 9.57 Å². The molecule has 3 rings (SSSR count).